The highest BCUT2D eigenvalue weighted by atomic mass is 16.6. The Kier molecular flexibility index (Phi) is 12.4. The van der Waals surface area contributed by atoms with E-state index >= 15 is 0 Å². The van der Waals surface area contributed by atoms with Crippen molar-refractivity contribution < 1.29 is 28.9 Å². The van der Waals surface area contributed by atoms with E-state index in [1.54, 1.807) is 6.92 Å². The Bertz CT molecular complexity index is 770. The molecule has 0 aliphatic heterocycles. The lowest BCUT2D eigenvalue weighted by Crippen LogP contribution is -2.38. The van der Waals surface area contributed by atoms with Gasteiger partial charge in [-0.25, -0.2) is 9.59 Å². The van der Waals surface area contributed by atoms with Crippen LogP contribution in [0.15, 0.2) is 24.3 Å². The first-order chi connectivity index (χ1) is 17.5. The third-order valence-electron chi connectivity index (χ3n) is 7.46. The van der Waals surface area contributed by atoms with Crippen LogP contribution in [0.1, 0.15) is 89.5 Å². The average Bonchev–Trinajstić information content (AvgIpc) is 2.89. The Hall–Kier alpha value is -2.28. The van der Waals surface area contributed by atoms with Gasteiger partial charge in [-0.1, -0.05) is 50.7 Å². The van der Waals surface area contributed by atoms with Gasteiger partial charge in [-0.3, -0.25) is 0 Å². The van der Waals surface area contributed by atoms with E-state index in [0.717, 1.165) is 43.6 Å². The number of rotatable bonds is 14. The molecule has 1 amide bonds. The van der Waals surface area contributed by atoms with Gasteiger partial charge in [0, 0.05) is 19.6 Å². The van der Waals surface area contributed by atoms with E-state index in [1.807, 2.05) is 29.2 Å². The highest BCUT2D eigenvalue weighted by molar-refractivity contribution is 5.72. The van der Waals surface area contributed by atoms with Gasteiger partial charge in [0.05, 0.1) is 6.54 Å². The smallest absolute Gasteiger partial charge is 0.410 e. The Morgan fingerprint density at radius 3 is 2.28 bits per heavy atom. The summed E-state index contributed by atoms with van der Waals surface area (Å²) in [6.45, 7) is 3.73. The fourth-order valence-electron chi connectivity index (χ4n) is 5.37. The maximum absolute atomic E-state index is 13.0. The molecule has 1 unspecified atom stereocenters. The molecule has 0 spiro atoms. The summed E-state index contributed by atoms with van der Waals surface area (Å²) in [5.41, 5.74) is 0.878. The predicted molar refractivity (Wildman–Crippen MR) is 139 cm³/mol. The Morgan fingerprint density at radius 2 is 1.64 bits per heavy atom. The van der Waals surface area contributed by atoms with Gasteiger partial charge in [0.15, 0.2) is 6.10 Å². The number of hydrogen-bond acceptors (Lipinski definition) is 5. The predicted octanol–water partition coefficient (Wildman–Crippen LogP) is 6.23. The zero-order valence-corrected chi connectivity index (χ0v) is 22.0. The zero-order valence-electron chi connectivity index (χ0n) is 22.0. The molecule has 202 valence electrons. The summed E-state index contributed by atoms with van der Waals surface area (Å²) >= 11 is 0. The summed E-state index contributed by atoms with van der Waals surface area (Å²) < 4.78 is 17.1. The van der Waals surface area contributed by atoms with Crippen LogP contribution in [0, 0.1) is 5.92 Å². The summed E-state index contributed by atoms with van der Waals surface area (Å²) in [6, 6.07) is 7.41. The number of carboxylic acids is 1. The van der Waals surface area contributed by atoms with Crippen LogP contribution in [0.3, 0.4) is 0 Å². The number of aliphatic carboxylic acids is 1. The van der Waals surface area contributed by atoms with Crippen molar-refractivity contribution in [3.63, 3.8) is 0 Å². The zero-order chi connectivity index (χ0) is 25.6. The van der Waals surface area contributed by atoms with Gasteiger partial charge in [-0.2, -0.15) is 0 Å². The lowest BCUT2D eigenvalue weighted by Gasteiger charge is -2.28. The van der Waals surface area contributed by atoms with Crippen LogP contribution in [0.25, 0.3) is 0 Å². The molecule has 0 aromatic heterocycles. The summed E-state index contributed by atoms with van der Waals surface area (Å²) in [4.78, 5) is 26.1. The molecule has 7 nitrogen and oxygen atoms in total. The largest absolute Gasteiger partial charge is 0.492 e. The lowest BCUT2D eigenvalue weighted by atomic mass is 9.86. The van der Waals surface area contributed by atoms with Crippen molar-refractivity contribution in [2.75, 3.05) is 26.3 Å². The topological polar surface area (TPSA) is 85.3 Å². The quantitative estimate of drug-likeness (QED) is 0.324. The van der Waals surface area contributed by atoms with Crippen LogP contribution < -0.4 is 4.74 Å². The minimum Gasteiger partial charge on any atom is -0.492 e. The Balaban J connectivity index is 1.47. The molecule has 0 bridgehead atoms. The Morgan fingerprint density at radius 1 is 0.972 bits per heavy atom. The molecule has 3 rings (SSSR count). The highest BCUT2D eigenvalue weighted by Gasteiger charge is 2.23. The molecule has 0 radical (unpaired) electrons. The van der Waals surface area contributed by atoms with Gasteiger partial charge in [-0.05, 0) is 69.1 Å². The van der Waals surface area contributed by atoms with Crippen molar-refractivity contribution in [3.8, 4) is 5.75 Å². The number of hydrogen-bond donors (Lipinski definition) is 1. The van der Waals surface area contributed by atoms with Crippen molar-refractivity contribution in [3.05, 3.63) is 29.8 Å². The number of ether oxygens (including phenoxy) is 3. The molecular formula is C29H45NO6. The van der Waals surface area contributed by atoms with Crippen molar-refractivity contribution in [2.24, 2.45) is 5.92 Å². The summed E-state index contributed by atoms with van der Waals surface area (Å²) in [6.07, 6.45) is 13.6. The van der Waals surface area contributed by atoms with E-state index < -0.39 is 12.1 Å². The minimum absolute atomic E-state index is 0.0480. The molecule has 1 atom stereocenters. The van der Waals surface area contributed by atoms with Crippen LogP contribution in [-0.4, -0.2) is 60.6 Å². The maximum Gasteiger partial charge on any atom is 0.410 e. The third kappa shape index (κ3) is 10.00. The Labute approximate surface area is 216 Å². The molecule has 36 heavy (non-hydrogen) atoms. The number of benzene rings is 1. The van der Waals surface area contributed by atoms with E-state index in [-0.39, 0.29) is 12.2 Å². The second kappa shape index (κ2) is 15.7. The third-order valence-corrected chi connectivity index (χ3v) is 7.46. The van der Waals surface area contributed by atoms with Crippen LogP contribution in [0.4, 0.5) is 4.79 Å². The van der Waals surface area contributed by atoms with E-state index in [1.165, 1.54) is 44.9 Å². The average molecular weight is 504 g/mol. The standard InChI is InChI=1S/C29H45NO6/c1-2-34-27(28(31)32)22-24-15-17-25(18-16-24)35-21-20-30(19-9-12-23-10-5-3-6-11-23)29(33)36-26-13-7-4-8-14-26/h15-18,23,26-27H,2-14,19-22H2,1H3,(H,31,32). The summed E-state index contributed by atoms with van der Waals surface area (Å²) in [5, 5.41) is 9.28. The molecule has 2 saturated carbocycles. The van der Waals surface area contributed by atoms with E-state index in [0.29, 0.717) is 38.5 Å². The first kappa shape index (κ1) is 28.3. The molecule has 2 aliphatic carbocycles. The first-order valence-electron chi connectivity index (χ1n) is 14.1. The molecule has 1 aromatic rings. The number of nitrogens with zero attached hydrogens (tertiary/aromatic N) is 1. The van der Waals surface area contributed by atoms with Crippen molar-refractivity contribution in [1.29, 1.82) is 0 Å². The molecule has 2 fully saturated rings. The van der Waals surface area contributed by atoms with Crippen LogP contribution in [-0.2, 0) is 20.7 Å². The number of carbonyl (C=O) groups is 2. The SMILES string of the molecule is CCOC(Cc1ccc(OCCN(CCCC2CCCCC2)C(=O)OC2CCCCC2)cc1)C(=O)O. The number of carbonyl (C=O) groups excluding carboxylic acids is 1. The van der Waals surface area contributed by atoms with Gasteiger partial charge in [0.1, 0.15) is 18.5 Å². The number of amides is 1. The first-order valence-corrected chi connectivity index (χ1v) is 14.1. The maximum atomic E-state index is 13.0. The summed E-state index contributed by atoms with van der Waals surface area (Å²) in [5.74, 6) is 0.541. The van der Waals surface area contributed by atoms with Crippen LogP contribution in [0.5, 0.6) is 5.75 Å². The molecule has 0 saturated heterocycles. The van der Waals surface area contributed by atoms with Gasteiger partial charge in [-0.15, -0.1) is 0 Å². The van der Waals surface area contributed by atoms with Crippen LogP contribution >= 0.6 is 0 Å². The lowest BCUT2D eigenvalue weighted by molar-refractivity contribution is -0.149. The molecule has 7 heteroatoms. The fourth-order valence-corrected chi connectivity index (χ4v) is 5.37. The van der Waals surface area contributed by atoms with Gasteiger partial charge < -0.3 is 24.2 Å². The van der Waals surface area contributed by atoms with E-state index in [9.17, 15) is 14.7 Å². The molecular weight excluding hydrogens is 458 g/mol. The minimum atomic E-state index is -0.958. The fraction of sp³-hybridized carbons (Fsp3) is 0.724. The van der Waals surface area contributed by atoms with Gasteiger partial charge in [0.2, 0.25) is 0 Å². The monoisotopic (exact) mass is 503 g/mol. The molecule has 1 N–H and O–H groups in total. The van der Waals surface area contributed by atoms with E-state index in [4.69, 9.17) is 14.2 Å². The normalized spacial score (nSPS) is 17.9. The van der Waals surface area contributed by atoms with Gasteiger partial charge in [0.25, 0.3) is 0 Å². The second-order valence-corrected chi connectivity index (χ2v) is 10.3. The second-order valence-electron chi connectivity index (χ2n) is 10.3. The molecule has 0 heterocycles. The molecule has 1 aromatic carbocycles. The molecule has 2 aliphatic rings. The van der Waals surface area contributed by atoms with Crippen LogP contribution in [0.2, 0.25) is 0 Å². The summed E-state index contributed by atoms with van der Waals surface area (Å²) in [7, 11) is 0. The van der Waals surface area contributed by atoms with Crippen molar-refractivity contribution >= 4 is 12.1 Å². The van der Waals surface area contributed by atoms with Crippen molar-refractivity contribution in [1.82, 2.24) is 4.90 Å². The van der Waals surface area contributed by atoms with Gasteiger partial charge >= 0.3 is 12.1 Å². The van der Waals surface area contributed by atoms with E-state index in [2.05, 4.69) is 0 Å². The number of carboxylic acid groups (broad SMARTS) is 1. The van der Waals surface area contributed by atoms with Crippen molar-refractivity contribution in [2.45, 2.75) is 103 Å². The highest BCUT2D eigenvalue weighted by Crippen LogP contribution is 2.27.